The number of hydrogen-bond donors (Lipinski definition) is 0. The molecule has 0 N–H and O–H groups in total. The Balaban J connectivity index is 2.03. The van der Waals surface area contributed by atoms with Crippen molar-refractivity contribution in [2.75, 3.05) is 0 Å². The van der Waals surface area contributed by atoms with Gasteiger partial charge in [-0.2, -0.15) is 0 Å². The van der Waals surface area contributed by atoms with Crippen LogP contribution in [0, 0.1) is 6.92 Å². The van der Waals surface area contributed by atoms with Crippen LogP contribution in [0.3, 0.4) is 0 Å². The third kappa shape index (κ3) is 2.79. The molecule has 126 valence electrons. The zero-order chi connectivity index (χ0) is 17.8. The van der Waals surface area contributed by atoms with Crippen LogP contribution >= 0.6 is 15.9 Å². The average Bonchev–Trinajstić information content (AvgIpc) is 2.87. The van der Waals surface area contributed by atoms with Gasteiger partial charge in [-0.05, 0) is 60.4 Å². The molecule has 1 heterocycles. The Labute approximate surface area is 157 Å². The molecule has 3 aromatic carbocycles. The minimum Gasteiger partial charge on any atom is -0.309 e. The average molecular weight is 392 g/mol. The fraction of sp³-hybridized carbons (Fsp3) is 0.217. The van der Waals surface area contributed by atoms with Gasteiger partial charge >= 0.3 is 0 Å². The van der Waals surface area contributed by atoms with Crippen molar-refractivity contribution in [1.29, 1.82) is 0 Å². The topological polar surface area (TPSA) is 4.93 Å². The monoisotopic (exact) mass is 391 g/mol. The summed E-state index contributed by atoms with van der Waals surface area (Å²) in [5.41, 5.74) is 6.51. The molecule has 0 atom stereocenters. The minimum atomic E-state index is 0.168. The number of aryl methyl sites for hydroxylation is 1. The number of fused-ring (bicyclic) bond motifs is 3. The van der Waals surface area contributed by atoms with E-state index < -0.39 is 0 Å². The van der Waals surface area contributed by atoms with Gasteiger partial charge in [-0.25, -0.2) is 0 Å². The Kier molecular flexibility index (Phi) is 3.77. The maximum atomic E-state index is 3.62. The lowest BCUT2D eigenvalue weighted by Crippen LogP contribution is -2.10. The molecule has 1 nitrogen and oxygen atoms in total. The number of rotatable bonds is 1. The van der Waals surface area contributed by atoms with Crippen molar-refractivity contribution in [3.8, 4) is 5.69 Å². The molecule has 0 radical (unpaired) electrons. The second kappa shape index (κ2) is 5.74. The van der Waals surface area contributed by atoms with E-state index in [1.165, 1.54) is 38.6 Å². The van der Waals surface area contributed by atoms with Crippen LogP contribution in [-0.2, 0) is 5.41 Å². The van der Waals surface area contributed by atoms with Crippen molar-refractivity contribution in [2.45, 2.75) is 33.1 Å². The molecule has 2 heteroatoms. The third-order valence-corrected chi connectivity index (χ3v) is 5.37. The molecule has 4 rings (SSSR count). The first-order valence-corrected chi connectivity index (χ1v) is 9.45. The van der Waals surface area contributed by atoms with Crippen LogP contribution in [0.4, 0.5) is 0 Å². The molecule has 1 aromatic heterocycles. The van der Waals surface area contributed by atoms with Crippen LogP contribution in [0.5, 0.6) is 0 Å². The summed E-state index contributed by atoms with van der Waals surface area (Å²) in [6.45, 7) is 8.91. The van der Waals surface area contributed by atoms with Gasteiger partial charge in [-0.3, -0.25) is 0 Å². The third-order valence-electron chi connectivity index (χ3n) is 4.87. The first kappa shape index (κ1) is 16.4. The predicted molar refractivity (Wildman–Crippen MR) is 112 cm³/mol. The van der Waals surface area contributed by atoms with Gasteiger partial charge in [0.2, 0.25) is 0 Å². The lowest BCUT2D eigenvalue weighted by molar-refractivity contribution is 0.590. The molecule has 0 aliphatic carbocycles. The lowest BCUT2D eigenvalue weighted by Gasteiger charge is -2.19. The van der Waals surface area contributed by atoms with E-state index in [0.717, 1.165) is 4.47 Å². The highest BCUT2D eigenvalue weighted by atomic mass is 79.9. The second-order valence-corrected chi connectivity index (χ2v) is 8.73. The van der Waals surface area contributed by atoms with E-state index in [1.807, 2.05) is 0 Å². The summed E-state index contributed by atoms with van der Waals surface area (Å²) < 4.78 is 3.48. The van der Waals surface area contributed by atoms with E-state index in [2.05, 4.69) is 109 Å². The quantitative estimate of drug-likeness (QED) is 0.324. The summed E-state index contributed by atoms with van der Waals surface area (Å²) in [6.07, 6.45) is 0. The molecule has 0 aliphatic rings. The molecule has 0 saturated carbocycles. The van der Waals surface area contributed by atoms with Crippen LogP contribution in [0.25, 0.3) is 27.5 Å². The predicted octanol–water partition coefficient (Wildman–Crippen LogP) is 7.15. The molecule has 0 fully saturated rings. The van der Waals surface area contributed by atoms with Gasteiger partial charge in [0.1, 0.15) is 0 Å². The highest BCUT2D eigenvalue weighted by molar-refractivity contribution is 9.10. The molecular weight excluding hydrogens is 370 g/mol. The fourth-order valence-electron chi connectivity index (χ4n) is 3.50. The SMILES string of the molecule is Cc1ccc2c(c1)c1cc(Br)ccc1n2-c1ccc(C(C)(C)C)cc1. The largest absolute Gasteiger partial charge is 0.309 e. The van der Waals surface area contributed by atoms with Crippen LogP contribution in [-0.4, -0.2) is 4.57 Å². The Morgan fingerprint density at radius 3 is 2.00 bits per heavy atom. The number of benzene rings is 3. The Bertz CT molecular complexity index is 1020. The minimum absolute atomic E-state index is 0.168. The van der Waals surface area contributed by atoms with Gasteiger partial charge in [0, 0.05) is 20.9 Å². The fourth-order valence-corrected chi connectivity index (χ4v) is 3.86. The van der Waals surface area contributed by atoms with E-state index in [0.29, 0.717) is 0 Å². The van der Waals surface area contributed by atoms with Crippen LogP contribution in [0.1, 0.15) is 31.9 Å². The molecule has 25 heavy (non-hydrogen) atoms. The highest BCUT2D eigenvalue weighted by Gasteiger charge is 2.15. The maximum absolute atomic E-state index is 3.62. The Hall–Kier alpha value is -2.06. The Morgan fingerprint density at radius 1 is 0.760 bits per heavy atom. The summed E-state index contributed by atoms with van der Waals surface area (Å²) >= 11 is 3.62. The van der Waals surface area contributed by atoms with Crippen molar-refractivity contribution < 1.29 is 0 Å². The lowest BCUT2D eigenvalue weighted by atomic mass is 9.87. The molecule has 0 amide bonds. The molecular formula is C23H22BrN. The smallest absolute Gasteiger partial charge is 0.0541 e. The van der Waals surface area contributed by atoms with E-state index in [-0.39, 0.29) is 5.41 Å². The molecule has 4 aromatic rings. The number of aromatic nitrogens is 1. The molecule has 0 unspecified atom stereocenters. The van der Waals surface area contributed by atoms with E-state index in [1.54, 1.807) is 0 Å². The van der Waals surface area contributed by atoms with Crippen molar-refractivity contribution in [1.82, 2.24) is 4.57 Å². The van der Waals surface area contributed by atoms with Gasteiger partial charge < -0.3 is 4.57 Å². The number of nitrogens with zero attached hydrogens (tertiary/aromatic N) is 1. The Morgan fingerprint density at radius 2 is 1.36 bits per heavy atom. The standard InChI is InChI=1S/C23H22BrN/c1-15-5-11-21-19(13-15)20-14-17(24)8-12-22(20)25(21)18-9-6-16(7-10-18)23(2,3)4/h5-14H,1-4H3. The van der Waals surface area contributed by atoms with Gasteiger partial charge in [0.15, 0.2) is 0 Å². The molecule has 0 spiro atoms. The van der Waals surface area contributed by atoms with Crippen LogP contribution in [0.2, 0.25) is 0 Å². The second-order valence-electron chi connectivity index (χ2n) is 7.81. The van der Waals surface area contributed by atoms with E-state index in [9.17, 15) is 0 Å². The molecule has 0 aliphatic heterocycles. The summed E-state index contributed by atoms with van der Waals surface area (Å²) in [5.74, 6) is 0. The van der Waals surface area contributed by atoms with Crippen molar-refractivity contribution in [2.24, 2.45) is 0 Å². The van der Waals surface area contributed by atoms with Crippen LogP contribution in [0.15, 0.2) is 65.1 Å². The van der Waals surface area contributed by atoms with Crippen molar-refractivity contribution in [3.05, 3.63) is 76.3 Å². The number of hydrogen-bond acceptors (Lipinski definition) is 0. The van der Waals surface area contributed by atoms with Crippen molar-refractivity contribution >= 4 is 37.7 Å². The van der Waals surface area contributed by atoms with Gasteiger partial charge in [-0.15, -0.1) is 0 Å². The molecule has 0 bridgehead atoms. The van der Waals surface area contributed by atoms with Crippen LogP contribution < -0.4 is 0 Å². The van der Waals surface area contributed by atoms with Gasteiger partial charge in [0.25, 0.3) is 0 Å². The zero-order valence-electron chi connectivity index (χ0n) is 15.1. The normalized spacial score (nSPS) is 12.2. The van der Waals surface area contributed by atoms with Gasteiger partial charge in [0.05, 0.1) is 11.0 Å². The summed E-state index contributed by atoms with van der Waals surface area (Å²) in [7, 11) is 0. The first-order chi connectivity index (χ1) is 11.8. The summed E-state index contributed by atoms with van der Waals surface area (Å²) in [6, 6.07) is 22.2. The number of halogens is 1. The van der Waals surface area contributed by atoms with Crippen molar-refractivity contribution in [3.63, 3.8) is 0 Å². The first-order valence-electron chi connectivity index (χ1n) is 8.66. The maximum Gasteiger partial charge on any atom is 0.0541 e. The zero-order valence-corrected chi connectivity index (χ0v) is 16.7. The highest BCUT2D eigenvalue weighted by Crippen LogP contribution is 2.34. The van der Waals surface area contributed by atoms with E-state index >= 15 is 0 Å². The van der Waals surface area contributed by atoms with E-state index in [4.69, 9.17) is 0 Å². The van der Waals surface area contributed by atoms with Gasteiger partial charge in [-0.1, -0.05) is 60.5 Å². The summed E-state index contributed by atoms with van der Waals surface area (Å²) in [5, 5.41) is 2.59. The summed E-state index contributed by atoms with van der Waals surface area (Å²) in [4.78, 5) is 0. The molecule has 0 saturated heterocycles.